The van der Waals surface area contributed by atoms with E-state index in [1.54, 1.807) is 0 Å². The third kappa shape index (κ3) is 5.61. The first kappa shape index (κ1) is 16.5. The van der Waals surface area contributed by atoms with E-state index in [0.717, 1.165) is 5.56 Å². The lowest BCUT2D eigenvalue weighted by Crippen LogP contribution is -2.49. The molecule has 1 aromatic rings. The fourth-order valence-corrected chi connectivity index (χ4v) is 2.10. The molecule has 0 radical (unpaired) electrons. The maximum absolute atomic E-state index is 12.0. The summed E-state index contributed by atoms with van der Waals surface area (Å²) in [5, 5.41) is 6.19. The van der Waals surface area contributed by atoms with Crippen molar-refractivity contribution in [1.82, 2.24) is 10.6 Å². The SMILES string of the molecule is CC(=O)NC(C(=O)NCCc1cccc(Cl)c1)C(C)C. The van der Waals surface area contributed by atoms with E-state index in [2.05, 4.69) is 10.6 Å². The van der Waals surface area contributed by atoms with Crippen LogP contribution in [0.4, 0.5) is 0 Å². The van der Waals surface area contributed by atoms with Gasteiger partial charge in [-0.05, 0) is 30.0 Å². The Morgan fingerprint density at radius 1 is 1.30 bits per heavy atom. The molecule has 0 bridgehead atoms. The molecule has 110 valence electrons. The summed E-state index contributed by atoms with van der Waals surface area (Å²) < 4.78 is 0. The topological polar surface area (TPSA) is 58.2 Å². The third-order valence-electron chi connectivity index (χ3n) is 2.91. The minimum atomic E-state index is -0.494. The van der Waals surface area contributed by atoms with Gasteiger partial charge in [-0.25, -0.2) is 0 Å². The van der Waals surface area contributed by atoms with Crippen molar-refractivity contribution >= 4 is 23.4 Å². The molecular weight excluding hydrogens is 276 g/mol. The maximum Gasteiger partial charge on any atom is 0.242 e. The molecule has 0 heterocycles. The number of nitrogens with one attached hydrogen (secondary N) is 2. The molecule has 1 aromatic carbocycles. The van der Waals surface area contributed by atoms with Crippen LogP contribution in [0.5, 0.6) is 0 Å². The molecule has 4 nitrogen and oxygen atoms in total. The van der Waals surface area contributed by atoms with Gasteiger partial charge in [0.15, 0.2) is 0 Å². The molecule has 0 aliphatic heterocycles. The van der Waals surface area contributed by atoms with Gasteiger partial charge in [-0.15, -0.1) is 0 Å². The summed E-state index contributed by atoms with van der Waals surface area (Å²) >= 11 is 5.90. The summed E-state index contributed by atoms with van der Waals surface area (Å²) in [4.78, 5) is 23.1. The number of amides is 2. The van der Waals surface area contributed by atoms with Crippen LogP contribution in [-0.4, -0.2) is 24.4 Å². The zero-order valence-corrected chi connectivity index (χ0v) is 12.8. The van der Waals surface area contributed by atoms with Crippen molar-refractivity contribution in [3.8, 4) is 0 Å². The van der Waals surface area contributed by atoms with E-state index in [-0.39, 0.29) is 17.7 Å². The molecule has 2 N–H and O–H groups in total. The first-order chi connectivity index (χ1) is 9.40. The number of carbonyl (C=O) groups is 2. The lowest BCUT2D eigenvalue weighted by molar-refractivity contribution is -0.129. The summed E-state index contributed by atoms with van der Waals surface area (Å²) in [7, 11) is 0. The fraction of sp³-hybridized carbons (Fsp3) is 0.467. The second-order valence-corrected chi connectivity index (χ2v) is 5.53. The number of halogens is 1. The fourth-order valence-electron chi connectivity index (χ4n) is 1.89. The lowest BCUT2D eigenvalue weighted by atomic mass is 10.0. The largest absolute Gasteiger partial charge is 0.354 e. The minimum Gasteiger partial charge on any atom is -0.354 e. The van der Waals surface area contributed by atoms with E-state index < -0.39 is 6.04 Å². The molecule has 5 heteroatoms. The van der Waals surface area contributed by atoms with E-state index in [0.29, 0.717) is 18.0 Å². The Bertz CT molecular complexity index is 475. The Morgan fingerprint density at radius 2 is 2.00 bits per heavy atom. The molecule has 0 fully saturated rings. The zero-order chi connectivity index (χ0) is 15.1. The van der Waals surface area contributed by atoms with Gasteiger partial charge in [-0.2, -0.15) is 0 Å². The van der Waals surface area contributed by atoms with E-state index in [1.807, 2.05) is 38.1 Å². The van der Waals surface area contributed by atoms with Gasteiger partial charge in [0, 0.05) is 18.5 Å². The molecule has 0 saturated carbocycles. The van der Waals surface area contributed by atoms with Gasteiger partial charge in [-0.1, -0.05) is 37.6 Å². The Morgan fingerprint density at radius 3 is 2.55 bits per heavy atom. The molecule has 0 aromatic heterocycles. The van der Waals surface area contributed by atoms with Crippen molar-refractivity contribution in [2.24, 2.45) is 5.92 Å². The maximum atomic E-state index is 12.0. The van der Waals surface area contributed by atoms with E-state index in [4.69, 9.17) is 11.6 Å². The third-order valence-corrected chi connectivity index (χ3v) is 3.14. The van der Waals surface area contributed by atoms with Gasteiger partial charge in [0.2, 0.25) is 11.8 Å². The predicted octanol–water partition coefficient (Wildman–Crippen LogP) is 2.16. The van der Waals surface area contributed by atoms with Crippen LogP contribution in [0.2, 0.25) is 5.02 Å². The van der Waals surface area contributed by atoms with Crippen LogP contribution in [0, 0.1) is 5.92 Å². The summed E-state index contributed by atoms with van der Waals surface area (Å²) in [6.45, 7) is 5.73. The van der Waals surface area contributed by atoms with Gasteiger partial charge in [-0.3, -0.25) is 9.59 Å². The molecule has 0 saturated heterocycles. The zero-order valence-electron chi connectivity index (χ0n) is 12.1. The number of carbonyl (C=O) groups excluding carboxylic acids is 2. The monoisotopic (exact) mass is 296 g/mol. The van der Waals surface area contributed by atoms with Gasteiger partial charge >= 0.3 is 0 Å². The second-order valence-electron chi connectivity index (χ2n) is 5.09. The molecular formula is C15H21ClN2O2. The number of benzene rings is 1. The molecule has 2 amide bonds. The highest BCUT2D eigenvalue weighted by molar-refractivity contribution is 6.30. The highest BCUT2D eigenvalue weighted by Crippen LogP contribution is 2.10. The lowest BCUT2D eigenvalue weighted by Gasteiger charge is -2.20. The van der Waals surface area contributed by atoms with Crippen molar-refractivity contribution < 1.29 is 9.59 Å². The summed E-state index contributed by atoms with van der Waals surface area (Å²) in [6, 6.07) is 7.04. The smallest absolute Gasteiger partial charge is 0.242 e. The van der Waals surface area contributed by atoms with Crippen molar-refractivity contribution in [3.63, 3.8) is 0 Å². The van der Waals surface area contributed by atoms with Crippen molar-refractivity contribution in [3.05, 3.63) is 34.9 Å². The van der Waals surface area contributed by atoms with Crippen molar-refractivity contribution in [2.45, 2.75) is 33.2 Å². The molecule has 20 heavy (non-hydrogen) atoms. The standard InChI is InChI=1S/C15H21ClN2O2/c1-10(2)14(18-11(3)19)15(20)17-8-7-12-5-4-6-13(16)9-12/h4-6,9-10,14H,7-8H2,1-3H3,(H,17,20)(H,18,19). The van der Waals surface area contributed by atoms with Crippen LogP contribution in [-0.2, 0) is 16.0 Å². The van der Waals surface area contributed by atoms with Crippen LogP contribution >= 0.6 is 11.6 Å². The van der Waals surface area contributed by atoms with Gasteiger partial charge in [0.1, 0.15) is 6.04 Å². The number of hydrogen-bond donors (Lipinski definition) is 2. The van der Waals surface area contributed by atoms with Crippen LogP contribution < -0.4 is 10.6 Å². The van der Waals surface area contributed by atoms with E-state index >= 15 is 0 Å². The number of hydrogen-bond acceptors (Lipinski definition) is 2. The summed E-state index contributed by atoms with van der Waals surface area (Å²) in [5.74, 6) is -0.309. The van der Waals surface area contributed by atoms with Crippen LogP contribution in [0.15, 0.2) is 24.3 Å². The predicted molar refractivity (Wildman–Crippen MR) is 80.6 cm³/mol. The normalized spacial score (nSPS) is 12.1. The van der Waals surface area contributed by atoms with Gasteiger partial charge in [0.05, 0.1) is 0 Å². The van der Waals surface area contributed by atoms with E-state index in [1.165, 1.54) is 6.92 Å². The average molecular weight is 297 g/mol. The Kier molecular flexibility index (Phi) is 6.52. The average Bonchev–Trinajstić information content (AvgIpc) is 2.35. The molecule has 1 atom stereocenters. The second kappa shape index (κ2) is 7.90. The highest BCUT2D eigenvalue weighted by atomic mass is 35.5. The Labute approximate surface area is 124 Å². The van der Waals surface area contributed by atoms with Gasteiger partial charge in [0.25, 0.3) is 0 Å². The molecule has 1 rings (SSSR count). The molecule has 0 aliphatic rings. The van der Waals surface area contributed by atoms with Crippen molar-refractivity contribution in [1.29, 1.82) is 0 Å². The summed E-state index contributed by atoms with van der Waals surface area (Å²) in [5.41, 5.74) is 1.07. The van der Waals surface area contributed by atoms with Crippen LogP contribution in [0.3, 0.4) is 0 Å². The molecule has 0 spiro atoms. The van der Waals surface area contributed by atoms with Gasteiger partial charge < -0.3 is 10.6 Å². The minimum absolute atomic E-state index is 0.0464. The molecule has 1 unspecified atom stereocenters. The number of rotatable bonds is 6. The first-order valence-corrected chi connectivity index (χ1v) is 7.07. The summed E-state index contributed by atoms with van der Waals surface area (Å²) in [6.07, 6.45) is 0.706. The Hall–Kier alpha value is -1.55. The molecule has 0 aliphatic carbocycles. The van der Waals surface area contributed by atoms with Crippen molar-refractivity contribution in [2.75, 3.05) is 6.54 Å². The highest BCUT2D eigenvalue weighted by Gasteiger charge is 2.22. The quantitative estimate of drug-likeness (QED) is 0.845. The first-order valence-electron chi connectivity index (χ1n) is 6.69. The van der Waals surface area contributed by atoms with Crippen LogP contribution in [0.1, 0.15) is 26.3 Å². The van der Waals surface area contributed by atoms with E-state index in [9.17, 15) is 9.59 Å². The Balaban J connectivity index is 2.47. The van der Waals surface area contributed by atoms with Crippen LogP contribution in [0.25, 0.3) is 0 Å².